The molecule has 2 aromatic carbocycles. The maximum Gasteiger partial charge on any atom is 0.264 e. The van der Waals surface area contributed by atoms with Crippen molar-refractivity contribution in [3.05, 3.63) is 53.5 Å². The van der Waals surface area contributed by atoms with Gasteiger partial charge in [0.05, 0.1) is 21.4 Å². The molecule has 0 spiro atoms. The first-order valence-corrected chi connectivity index (χ1v) is 15.1. The van der Waals surface area contributed by atoms with Crippen LogP contribution >= 0.6 is 11.3 Å². The first kappa shape index (κ1) is 26.1. The molecule has 37 heavy (non-hydrogen) atoms. The normalized spacial score (nSPS) is 24.2. The largest absolute Gasteiger partial charge is 0.390 e. The molecule has 3 aromatic rings. The summed E-state index contributed by atoms with van der Waals surface area (Å²) in [4.78, 5) is 19.1. The number of rotatable bonds is 6. The van der Waals surface area contributed by atoms with Crippen molar-refractivity contribution in [2.45, 2.75) is 68.0 Å². The lowest BCUT2D eigenvalue weighted by atomic mass is 9.73. The number of para-hydroxylation sites is 1. The summed E-state index contributed by atoms with van der Waals surface area (Å²) in [5.41, 5.74) is 1.54. The Labute approximate surface area is 221 Å². The van der Waals surface area contributed by atoms with Gasteiger partial charge in [0, 0.05) is 24.3 Å². The molecule has 0 unspecified atom stereocenters. The molecule has 2 heterocycles. The van der Waals surface area contributed by atoms with Crippen LogP contribution in [0.4, 0.5) is 5.69 Å². The minimum atomic E-state index is -3.84. The number of fused-ring (bicyclic) bond motifs is 1. The van der Waals surface area contributed by atoms with Crippen LogP contribution in [0.5, 0.6) is 0 Å². The zero-order valence-corrected chi connectivity index (χ0v) is 22.5. The molecule has 10 heteroatoms. The zero-order chi connectivity index (χ0) is 26.3. The van der Waals surface area contributed by atoms with Crippen molar-refractivity contribution in [1.29, 1.82) is 0 Å². The van der Waals surface area contributed by atoms with E-state index < -0.39 is 21.2 Å². The second-order valence-electron chi connectivity index (χ2n) is 10.8. The Hall–Kier alpha value is -2.53. The summed E-state index contributed by atoms with van der Waals surface area (Å²) in [7, 11) is -3.84. The molecule has 1 amide bonds. The fourth-order valence-corrected chi connectivity index (χ4v) is 7.52. The standard InChI is InChI=1S/C27H33N3O5S2/c1-26(32)11-9-19(10-12-26)17-27(33)13-15-30(16-14-27)25(31)20-5-7-21(8-6-20)29-37(34,35)23-4-2-3-22-24(23)28-18-36-22/h2-8,18-19,29,32-33H,9-17H2,1H3. The SMILES string of the molecule is CC1(O)CCC(CC2(O)CCN(C(=O)c3ccc(NS(=O)(=O)c4cccc5scnc45)cc3)CC2)CC1. The number of aromatic nitrogens is 1. The van der Waals surface area contributed by atoms with Crippen molar-refractivity contribution in [3.8, 4) is 0 Å². The molecule has 1 aromatic heterocycles. The van der Waals surface area contributed by atoms with E-state index in [0.717, 1.165) is 30.4 Å². The minimum Gasteiger partial charge on any atom is -0.390 e. The molecular formula is C27H33N3O5S2. The molecule has 1 aliphatic heterocycles. The summed E-state index contributed by atoms with van der Waals surface area (Å²) in [6.45, 7) is 2.84. The summed E-state index contributed by atoms with van der Waals surface area (Å²) in [5.74, 6) is 0.281. The van der Waals surface area contributed by atoms with E-state index in [1.165, 1.54) is 17.4 Å². The molecule has 3 N–H and O–H groups in total. The highest BCUT2D eigenvalue weighted by molar-refractivity contribution is 7.93. The lowest BCUT2D eigenvalue weighted by Gasteiger charge is -2.42. The Balaban J connectivity index is 1.18. The van der Waals surface area contributed by atoms with Gasteiger partial charge in [0.25, 0.3) is 15.9 Å². The van der Waals surface area contributed by atoms with Crippen LogP contribution in [-0.2, 0) is 10.0 Å². The molecule has 2 fully saturated rings. The van der Waals surface area contributed by atoms with Crippen molar-refractivity contribution in [1.82, 2.24) is 9.88 Å². The molecule has 5 rings (SSSR count). The highest BCUT2D eigenvalue weighted by atomic mass is 32.2. The number of likely N-dealkylation sites (tertiary alicyclic amines) is 1. The van der Waals surface area contributed by atoms with Crippen LogP contribution in [0.3, 0.4) is 0 Å². The van der Waals surface area contributed by atoms with Gasteiger partial charge in [0.1, 0.15) is 10.4 Å². The van der Waals surface area contributed by atoms with E-state index in [4.69, 9.17) is 0 Å². The predicted octanol–water partition coefficient (Wildman–Crippen LogP) is 4.40. The highest BCUT2D eigenvalue weighted by Gasteiger charge is 2.38. The Morgan fingerprint density at radius 1 is 1.08 bits per heavy atom. The number of carbonyl (C=O) groups excluding carboxylic acids is 1. The van der Waals surface area contributed by atoms with Gasteiger partial charge in [-0.1, -0.05) is 6.07 Å². The fourth-order valence-electron chi connectivity index (χ4n) is 5.52. The van der Waals surface area contributed by atoms with Crippen LogP contribution in [0.15, 0.2) is 52.9 Å². The topological polar surface area (TPSA) is 120 Å². The highest BCUT2D eigenvalue weighted by Crippen LogP contribution is 2.39. The Morgan fingerprint density at radius 2 is 1.76 bits per heavy atom. The van der Waals surface area contributed by atoms with Crippen molar-refractivity contribution in [2.75, 3.05) is 17.8 Å². The second kappa shape index (κ2) is 9.98. The summed E-state index contributed by atoms with van der Waals surface area (Å²) in [6.07, 6.45) is 5.17. The maximum absolute atomic E-state index is 13.1. The lowest BCUT2D eigenvalue weighted by Crippen LogP contribution is -2.48. The van der Waals surface area contributed by atoms with Crippen LogP contribution in [-0.4, -0.2) is 58.7 Å². The average Bonchev–Trinajstić information content (AvgIpc) is 3.35. The van der Waals surface area contributed by atoms with E-state index in [2.05, 4.69) is 9.71 Å². The van der Waals surface area contributed by atoms with Crippen LogP contribution in [0.25, 0.3) is 10.2 Å². The summed E-state index contributed by atoms with van der Waals surface area (Å²) >= 11 is 1.38. The third-order valence-electron chi connectivity index (χ3n) is 7.83. The van der Waals surface area contributed by atoms with Gasteiger partial charge < -0.3 is 15.1 Å². The number of nitrogens with zero attached hydrogens (tertiary/aromatic N) is 2. The molecule has 8 nitrogen and oxygen atoms in total. The van der Waals surface area contributed by atoms with Gasteiger partial charge in [-0.2, -0.15) is 0 Å². The van der Waals surface area contributed by atoms with Gasteiger partial charge in [-0.15, -0.1) is 11.3 Å². The molecule has 2 aliphatic rings. The molecule has 0 radical (unpaired) electrons. The molecule has 0 bridgehead atoms. The van der Waals surface area contributed by atoms with E-state index >= 15 is 0 Å². The van der Waals surface area contributed by atoms with E-state index in [1.807, 2.05) is 13.0 Å². The van der Waals surface area contributed by atoms with Crippen LogP contribution in [0, 0.1) is 5.92 Å². The summed E-state index contributed by atoms with van der Waals surface area (Å²) in [5, 5.41) is 21.3. The Morgan fingerprint density at radius 3 is 2.43 bits per heavy atom. The third-order valence-corrected chi connectivity index (χ3v) is 10.0. The molecule has 1 saturated carbocycles. The van der Waals surface area contributed by atoms with E-state index in [-0.39, 0.29) is 10.8 Å². The van der Waals surface area contributed by atoms with Crippen LogP contribution in [0.1, 0.15) is 62.2 Å². The first-order chi connectivity index (χ1) is 17.5. The number of anilines is 1. The van der Waals surface area contributed by atoms with Crippen molar-refractivity contribution in [2.24, 2.45) is 5.92 Å². The number of nitrogens with one attached hydrogen (secondary N) is 1. The molecule has 1 aliphatic carbocycles. The quantitative estimate of drug-likeness (QED) is 0.424. The van der Waals surface area contributed by atoms with E-state index in [1.54, 1.807) is 40.7 Å². The smallest absolute Gasteiger partial charge is 0.264 e. The number of amides is 1. The van der Waals surface area contributed by atoms with Crippen molar-refractivity contribution in [3.63, 3.8) is 0 Å². The van der Waals surface area contributed by atoms with Gasteiger partial charge in [-0.25, -0.2) is 13.4 Å². The molecule has 0 atom stereocenters. The van der Waals surface area contributed by atoms with E-state index in [9.17, 15) is 23.4 Å². The van der Waals surface area contributed by atoms with Gasteiger partial charge in [-0.05, 0) is 94.2 Å². The lowest BCUT2D eigenvalue weighted by molar-refractivity contribution is -0.0519. The number of hydrogen-bond acceptors (Lipinski definition) is 7. The van der Waals surface area contributed by atoms with E-state index in [0.29, 0.717) is 55.0 Å². The monoisotopic (exact) mass is 543 g/mol. The van der Waals surface area contributed by atoms with Gasteiger partial charge in [0.2, 0.25) is 0 Å². The predicted molar refractivity (Wildman–Crippen MR) is 144 cm³/mol. The molecule has 1 saturated heterocycles. The summed E-state index contributed by atoms with van der Waals surface area (Å²) < 4.78 is 29.3. The van der Waals surface area contributed by atoms with Gasteiger partial charge >= 0.3 is 0 Å². The molecule has 198 valence electrons. The Kier molecular flexibility index (Phi) is 7.04. The zero-order valence-electron chi connectivity index (χ0n) is 20.9. The molecular weight excluding hydrogens is 510 g/mol. The van der Waals surface area contributed by atoms with Crippen LogP contribution in [0.2, 0.25) is 0 Å². The maximum atomic E-state index is 13.1. The van der Waals surface area contributed by atoms with Crippen molar-refractivity contribution < 1.29 is 23.4 Å². The number of carbonyl (C=O) groups is 1. The third kappa shape index (κ3) is 5.82. The first-order valence-electron chi connectivity index (χ1n) is 12.7. The number of benzene rings is 2. The van der Waals surface area contributed by atoms with Gasteiger partial charge in [-0.3, -0.25) is 9.52 Å². The second-order valence-corrected chi connectivity index (χ2v) is 13.3. The van der Waals surface area contributed by atoms with Crippen LogP contribution < -0.4 is 4.72 Å². The van der Waals surface area contributed by atoms with Crippen molar-refractivity contribution >= 4 is 43.2 Å². The minimum absolute atomic E-state index is 0.116. The number of thiazole rings is 1. The number of piperidine rings is 1. The number of hydrogen-bond donors (Lipinski definition) is 3. The fraction of sp³-hybridized carbons (Fsp3) is 0.481. The summed E-state index contributed by atoms with van der Waals surface area (Å²) in [6, 6.07) is 11.5. The number of sulfonamides is 1. The Bertz CT molecular complexity index is 1370. The average molecular weight is 544 g/mol. The number of aliphatic hydroxyl groups is 2. The van der Waals surface area contributed by atoms with Gasteiger partial charge in [0.15, 0.2) is 0 Å².